The Kier molecular flexibility index (Phi) is 9.72. The summed E-state index contributed by atoms with van der Waals surface area (Å²) >= 11 is 4.08. The third kappa shape index (κ3) is 7.33. The van der Waals surface area contributed by atoms with Crippen LogP contribution in [0.25, 0.3) is 0 Å². The van der Waals surface area contributed by atoms with Crippen molar-refractivity contribution >= 4 is 46.5 Å². The van der Waals surface area contributed by atoms with Crippen molar-refractivity contribution in [3.8, 4) is 0 Å². The second-order valence-corrected chi connectivity index (χ2v) is 9.73. The molecule has 0 aromatic heterocycles. The van der Waals surface area contributed by atoms with Gasteiger partial charge in [0.1, 0.15) is 12.1 Å². The number of thiol groups is 1. The third-order valence-electron chi connectivity index (χ3n) is 5.41. The van der Waals surface area contributed by atoms with Gasteiger partial charge < -0.3 is 26.2 Å². The van der Waals surface area contributed by atoms with Gasteiger partial charge in [0.15, 0.2) is 0 Å². The van der Waals surface area contributed by atoms with Crippen LogP contribution in [0, 0.1) is 11.8 Å². The number of hydrogen-bond donors (Lipinski definition) is 6. The maximum absolute atomic E-state index is 13.1. The molecule has 0 unspecified atom stereocenters. The monoisotopic (exact) mass is 483 g/mol. The Bertz CT molecular complexity index is 805. The van der Waals surface area contributed by atoms with E-state index in [9.17, 15) is 37.8 Å². The van der Waals surface area contributed by atoms with Crippen LogP contribution in [0.15, 0.2) is 0 Å². The van der Waals surface area contributed by atoms with Gasteiger partial charge >= 0.3 is 11.9 Å². The number of nitrogens with zero attached hydrogens (tertiary/aromatic N) is 1. The highest BCUT2D eigenvalue weighted by Crippen LogP contribution is 2.27. The van der Waals surface area contributed by atoms with Gasteiger partial charge in [-0.15, -0.1) is 0 Å². The van der Waals surface area contributed by atoms with Gasteiger partial charge in [-0.1, -0.05) is 20.3 Å². The van der Waals surface area contributed by atoms with E-state index >= 15 is 0 Å². The van der Waals surface area contributed by atoms with E-state index in [1.54, 1.807) is 13.8 Å². The van der Waals surface area contributed by atoms with Gasteiger partial charge in [0.05, 0.1) is 16.9 Å². The fourth-order valence-electron chi connectivity index (χ4n) is 3.34. The Morgan fingerprint density at radius 1 is 1.23 bits per heavy atom. The molecule has 14 heteroatoms. The predicted octanol–water partition coefficient (Wildman–Crippen LogP) is -1.19. The molecule has 6 atom stereocenters. The summed E-state index contributed by atoms with van der Waals surface area (Å²) < 4.78 is 30.5. The molecule has 0 aliphatic carbocycles. The highest BCUT2D eigenvalue weighted by atomic mass is 32.2. The lowest BCUT2D eigenvalue weighted by Crippen LogP contribution is -2.57. The fraction of sp³-hybridized carbons (Fsp3) is 0.765. The first-order valence-electron chi connectivity index (χ1n) is 9.66. The number of hydrogen-bond acceptors (Lipinski definition) is 8. The number of carboxylic acids is 2. The first-order valence-corrected chi connectivity index (χ1v) is 11.8. The maximum Gasteiger partial charge on any atom is 0.327 e. The molecule has 31 heavy (non-hydrogen) atoms. The van der Waals surface area contributed by atoms with Gasteiger partial charge in [0.25, 0.3) is 10.1 Å². The van der Waals surface area contributed by atoms with Crippen LogP contribution in [-0.4, -0.2) is 87.5 Å². The van der Waals surface area contributed by atoms with E-state index in [1.807, 2.05) is 0 Å². The summed E-state index contributed by atoms with van der Waals surface area (Å²) in [5.41, 5.74) is 5.77. The first-order chi connectivity index (χ1) is 14.2. The van der Waals surface area contributed by atoms with Crippen LogP contribution >= 0.6 is 12.6 Å². The molecule has 2 amide bonds. The molecule has 1 fully saturated rings. The Labute approximate surface area is 185 Å². The maximum atomic E-state index is 13.1. The van der Waals surface area contributed by atoms with Crippen molar-refractivity contribution in [3.05, 3.63) is 0 Å². The van der Waals surface area contributed by atoms with E-state index in [2.05, 4.69) is 17.9 Å². The summed E-state index contributed by atoms with van der Waals surface area (Å²) in [6.45, 7) is 3.33. The van der Waals surface area contributed by atoms with Crippen LogP contribution in [0.3, 0.4) is 0 Å². The minimum atomic E-state index is -4.28. The molecule has 0 bridgehead atoms. The zero-order valence-electron chi connectivity index (χ0n) is 17.2. The Morgan fingerprint density at radius 2 is 1.81 bits per heavy atom. The zero-order chi connectivity index (χ0) is 24.1. The summed E-state index contributed by atoms with van der Waals surface area (Å²) in [7, 11) is -4.28. The third-order valence-corrected chi connectivity index (χ3v) is 6.78. The largest absolute Gasteiger partial charge is 0.481 e. The smallest absolute Gasteiger partial charge is 0.327 e. The van der Waals surface area contributed by atoms with Crippen molar-refractivity contribution in [2.24, 2.45) is 17.6 Å². The van der Waals surface area contributed by atoms with Crippen LogP contribution in [0.4, 0.5) is 0 Å². The molecule has 12 nitrogen and oxygen atoms in total. The van der Waals surface area contributed by atoms with Crippen molar-refractivity contribution in [1.82, 2.24) is 10.2 Å². The fourth-order valence-corrected chi connectivity index (χ4v) is 4.13. The van der Waals surface area contributed by atoms with E-state index in [0.29, 0.717) is 6.42 Å². The van der Waals surface area contributed by atoms with Gasteiger partial charge in [-0.3, -0.25) is 18.9 Å². The Balaban J connectivity index is 3.00. The minimum Gasteiger partial charge on any atom is -0.481 e. The summed E-state index contributed by atoms with van der Waals surface area (Å²) in [5, 5.41) is 20.0. The normalized spacial score (nSPS) is 22.9. The standard InChI is InChI=1S/C17H29N3O9S2/c1-3-8(2)11(19-14(21)13(30)10(18)5-7-31(27,28)29)15(22)20-6-4-9(16(23)24)12(20)17(25)26/h8-13,30H,3-7,18H2,1-2H3,(H,19,21)(H,23,24)(H,25,26)(H,27,28,29)/t8-,9-,10+,11-,12-,13-/m0/s1. The lowest BCUT2D eigenvalue weighted by Gasteiger charge is -2.32. The number of carbonyl (C=O) groups is 4. The van der Waals surface area contributed by atoms with Crippen LogP contribution in [-0.2, 0) is 29.3 Å². The highest BCUT2D eigenvalue weighted by Gasteiger charge is 2.48. The van der Waals surface area contributed by atoms with Crippen molar-refractivity contribution in [3.63, 3.8) is 0 Å². The summed E-state index contributed by atoms with van der Waals surface area (Å²) in [5.74, 6) is -6.64. The van der Waals surface area contributed by atoms with Gasteiger partial charge in [0.2, 0.25) is 11.8 Å². The van der Waals surface area contributed by atoms with Crippen LogP contribution in [0.1, 0.15) is 33.1 Å². The van der Waals surface area contributed by atoms with E-state index < -0.39 is 74.8 Å². The van der Waals surface area contributed by atoms with Crippen molar-refractivity contribution in [1.29, 1.82) is 0 Å². The topological polar surface area (TPSA) is 204 Å². The van der Waals surface area contributed by atoms with E-state index in [1.165, 1.54) is 0 Å². The minimum absolute atomic E-state index is 0.0328. The molecular formula is C17H29N3O9S2. The molecule has 1 aliphatic heterocycles. The number of carboxylic acid groups (broad SMARTS) is 2. The van der Waals surface area contributed by atoms with Gasteiger partial charge in [0, 0.05) is 12.6 Å². The first kappa shape index (κ1) is 27.1. The van der Waals surface area contributed by atoms with E-state index in [0.717, 1.165) is 4.90 Å². The molecule has 0 aromatic carbocycles. The van der Waals surface area contributed by atoms with Crippen molar-refractivity contribution < 1.29 is 42.4 Å². The number of rotatable bonds is 11. The molecule has 1 aliphatic rings. The van der Waals surface area contributed by atoms with Crippen molar-refractivity contribution in [2.45, 2.75) is 56.5 Å². The second kappa shape index (κ2) is 11.1. The lowest BCUT2D eigenvalue weighted by molar-refractivity contribution is -0.156. The number of nitrogens with two attached hydrogens (primary N) is 1. The molecule has 6 N–H and O–H groups in total. The Morgan fingerprint density at radius 3 is 2.26 bits per heavy atom. The molecule has 0 spiro atoms. The van der Waals surface area contributed by atoms with Crippen molar-refractivity contribution in [2.75, 3.05) is 12.3 Å². The van der Waals surface area contributed by atoms with Crippen LogP contribution in [0.5, 0.6) is 0 Å². The SMILES string of the molecule is CC[C@H](C)[C@H](NC(=O)[C@@H](S)[C@H](N)CCS(=O)(=O)O)C(=O)N1CC[C@H](C(=O)O)[C@H]1C(=O)O. The Hall–Kier alpha value is -1.90. The van der Waals surface area contributed by atoms with Gasteiger partial charge in [-0.2, -0.15) is 21.0 Å². The summed E-state index contributed by atoms with van der Waals surface area (Å²) in [4.78, 5) is 49.6. The average molecular weight is 484 g/mol. The number of amides is 2. The molecule has 1 rings (SSSR count). The molecular weight excluding hydrogens is 454 g/mol. The molecule has 0 saturated carbocycles. The van der Waals surface area contributed by atoms with Crippen LogP contribution < -0.4 is 11.1 Å². The van der Waals surface area contributed by atoms with Gasteiger partial charge in [-0.05, 0) is 18.8 Å². The number of carbonyl (C=O) groups excluding carboxylic acids is 2. The molecule has 0 radical (unpaired) electrons. The molecule has 1 heterocycles. The van der Waals surface area contributed by atoms with E-state index in [-0.39, 0.29) is 19.4 Å². The molecule has 178 valence electrons. The molecule has 0 aromatic rings. The second-order valence-electron chi connectivity index (χ2n) is 7.60. The average Bonchev–Trinajstić information content (AvgIpc) is 3.13. The lowest BCUT2D eigenvalue weighted by atomic mass is 9.96. The quantitative estimate of drug-likeness (QED) is 0.153. The number of aliphatic carboxylic acids is 2. The number of nitrogens with one attached hydrogen (secondary N) is 1. The predicted molar refractivity (Wildman–Crippen MR) is 112 cm³/mol. The van der Waals surface area contributed by atoms with Gasteiger partial charge in [-0.25, -0.2) is 4.79 Å². The summed E-state index contributed by atoms with van der Waals surface area (Å²) in [6.07, 6.45) is 0.154. The zero-order valence-corrected chi connectivity index (χ0v) is 18.9. The highest BCUT2D eigenvalue weighted by molar-refractivity contribution is 7.85. The number of likely N-dealkylation sites (tertiary alicyclic amines) is 1. The summed E-state index contributed by atoms with van der Waals surface area (Å²) in [6, 6.07) is -3.76. The van der Waals surface area contributed by atoms with E-state index in [4.69, 9.17) is 10.3 Å². The van der Waals surface area contributed by atoms with Crippen LogP contribution in [0.2, 0.25) is 0 Å². The molecule has 1 saturated heterocycles.